The van der Waals surface area contributed by atoms with Crippen LogP contribution in [-0.4, -0.2) is 64.3 Å². The minimum Gasteiger partial charge on any atom is -0.380 e. The highest BCUT2D eigenvalue weighted by molar-refractivity contribution is 5.79. The van der Waals surface area contributed by atoms with Gasteiger partial charge in [0.15, 0.2) is 5.96 Å². The summed E-state index contributed by atoms with van der Waals surface area (Å²) in [6.07, 6.45) is 3.68. The molecule has 0 aromatic carbocycles. The number of aliphatic imine (C=N–C) groups is 1. The molecule has 21 heavy (non-hydrogen) atoms. The van der Waals surface area contributed by atoms with Gasteiger partial charge in [0.2, 0.25) is 0 Å². The van der Waals surface area contributed by atoms with Crippen molar-refractivity contribution in [1.29, 1.82) is 0 Å². The molecule has 1 saturated heterocycles. The van der Waals surface area contributed by atoms with E-state index in [0.29, 0.717) is 5.92 Å². The summed E-state index contributed by atoms with van der Waals surface area (Å²) >= 11 is 0. The van der Waals surface area contributed by atoms with Crippen LogP contribution in [0.5, 0.6) is 0 Å². The fraction of sp³-hybridized carbons (Fsp3) is 0.938. The maximum absolute atomic E-state index is 5.59. The highest BCUT2D eigenvalue weighted by atomic mass is 16.5. The number of rotatable bonds is 8. The molecule has 0 spiro atoms. The first-order valence-electron chi connectivity index (χ1n) is 8.32. The van der Waals surface area contributed by atoms with E-state index in [1.54, 1.807) is 0 Å². The number of likely N-dealkylation sites (tertiary alicyclic amines) is 1. The Hall–Kier alpha value is -0.810. The van der Waals surface area contributed by atoms with E-state index in [9.17, 15) is 0 Å². The van der Waals surface area contributed by atoms with Crippen LogP contribution in [0, 0.1) is 11.8 Å². The SMILES string of the molecule is CN=C(NCCOCCC(C)C)NCC1CCN(C)CC1. The van der Waals surface area contributed by atoms with Crippen LogP contribution in [0.3, 0.4) is 0 Å². The van der Waals surface area contributed by atoms with Crippen LogP contribution in [0.4, 0.5) is 0 Å². The van der Waals surface area contributed by atoms with Crippen LogP contribution < -0.4 is 10.6 Å². The minimum absolute atomic E-state index is 0.710. The fourth-order valence-electron chi connectivity index (χ4n) is 2.39. The normalized spacial score (nSPS) is 18.2. The first-order chi connectivity index (χ1) is 10.1. The average molecular weight is 298 g/mol. The van der Waals surface area contributed by atoms with Crippen molar-refractivity contribution < 1.29 is 4.74 Å². The lowest BCUT2D eigenvalue weighted by molar-refractivity contribution is 0.128. The number of guanidine groups is 1. The van der Waals surface area contributed by atoms with Crippen molar-refractivity contribution in [3.8, 4) is 0 Å². The van der Waals surface area contributed by atoms with Crippen molar-refractivity contribution in [2.75, 3.05) is 53.5 Å². The number of nitrogens with zero attached hydrogens (tertiary/aromatic N) is 2. The zero-order chi connectivity index (χ0) is 15.5. The zero-order valence-electron chi connectivity index (χ0n) is 14.3. The Morgan fingerprint density at radius 2 is 1.95 bits per heavy atom. The number of ether oxygens (including phenoxy) is 1. The van der Waals surface area contributed by atoms with Crippen molar-refractivity contribution in [1.82, 2.24) is 15.5 Å². The monoisotopic (exact) mass is 298 g/mol. The van der Waals surface area contributed by atoms with Gasteiger partial charge >= 0.3 is 0 Å². The molecule has 0 aromatic rings. The quantitative estimate of drug-likeness (QED) is 0.406. The van der Waals surface area contributed by atoms with E-state index in [0.717, 1.165) is 44.6 Å². The standard InChI is InChI=1S/C16H34N4O/c1-14(2)7-11-21-12-8-18-16(17-3)19-13-15-5-9-20(4)10-6-15/h14-15H,5-13H2,1-4H3,(H2,17,18,19). The summed E-state index contributed by atoms with van der Waals surface area (Å²) in [5.74, 6) is 2.37. The second kappa shape index (κ2) is 10.9. The summed E-state index contributed by atoms with van der Waals surface area (Å²) in [5, 5.41) is 6.74. The average Bonchev–Trinajstić information content (AvgIpc) is 2.47. The minimum atomic E-state index is 0.710. The fourth-order valence-corrected chi connectivity index (χ4v) is 2.39. The maximum Gasteiger partial charge on any atom is 0.191 e. The molecule has 0 amide bonds. The van der Waals surface area contributed by atoms with Crippen LogP contribution in [0.2, 0.25) is 0 Å². The third-order valence-corrected chi connectivity index (χ3v) is 4.00. The van der Waals surface area contributed by atoms with Gasteiger partial charge in [-0.1, -0.05) is 13.8 Å². The van der Waals surface area contributed by atoms with Crippen LogP contribution in [0.15, 0.2) is 4.99 Å². The molecule has 0 aromatic heterocycles. The number of piperidine rings is 1. The molecule has 1 fully saturated rings. The van der Waals surface area contributed by atoms with Gasteiger partial charge in [0, 0.05) is 26.7 Å². The van der Waals surface area contributed by atoms with E-state index in [-0.39, 0.29) is 0 Å². The Morgan fingerprint density at radius 3 is 2.57 bits per heavy atom. The lowest BCUT2D eigenvalue weighted by atomic mass is 9.97. The van der Waals surface area contributed by atoms with Crippen molar-refractivity contribution in [2.45, 2.75) is 33.1 Å². The first kappa shape index (κ1) is 18.2. The Labute approximate surface area is 130 Å². The van der Waals surface area contributed by atoms with Crippen LogP contribution >= 0.6 is 0 Å². The number of hydrogen-bond donors (Lipinski definition) is 2. The highest BCUT2D eigenvalue weighted by Gasteiger charge is 2.16. The molecule has 124 valence electrons. The van der Waals surface area contributed by atoms with Gasteiger partial charge < -0.3 is 20.3 Å². The molecule has 2 N–H and O–H groups in total. The molecule has 0 atom stereocenters. The Morgan fingerprint density at radius 1 is 1.24 bits per heavy atom. The third kappa shape index (κ3) is 8.94. The lowest BCUT2D eigenvalue weighted by Gasteiger charge is -2.29. The maximum atomic E-state index is 5.59. The van der Waals surface area contributed by atoms with E-state index in [1.165, 1.54) is 25.9 Å². The van der Waals surface area contributed by atoms with E-state index < -0.39 is 0 Å². The molecule has 0 unspecified atom stereocenters. The molecular weight excluding hydrogens is 264 g/mol. The van der Waals surface area contributed by atoms with Crippen molar-refractivity contribution >= 4 is 5.96 Å². The molecule has 5 heteroatoms. The zero-order valence-corrected chi connectivity index (χ0v) is 14.3. The topological polar surface area (TPSA) is 48.9 Å². The summed E-state index contributed by atoms with van der Waals surface area (Å²) in [4.78, 5) is 6.66. The predicted molar refractivity (Wildman–Crippen MR) is 89.9 cm³/mol. The van der Waals surface area contributed by atoms with E-state index >= 15 is 0 Å². The molecule has 0 aliphatic carbocycles. The van der Waals surface area contributed by atoms with E-state index in [1.807, 2.05) is 7.05 Å². The van der Waals surface area contributed by atoms with Crippen molar-refractivity contribution in [2.24, 2.45) is 16.8 Å². The van der Waals surface area contributed by atoms with Gasteiger partial charge in [-0.3, -0.25) is 4.99 Å². The summed E-state index contributed by atoms with van der Waals surface area (Å²) < 4.78 is 5.59. The highest BCUT2D eigenvalue weighted by Crippen LogP contribution is 2.14. The van der Waals surface area contributed by atoms with Gasteiger partial charge in [-0.15, -0.1) is 0 Å². The molecule has 1 aliphatic rings. The van der Waals surface area contributed by atoms with Crippen LogP contribution in [-0.2, 0) is 4.74 Å². The number of nitrogens with one attached hydrogen (secondary N) is 2. The Bertz CT molecular complexity index is 286. The Balaban J connectivity index is 2.04. The van der Waals surface area contributed by atoms with Crippen molar-refractivity contribution in [3.63, 3.8) is 0 Å². The van der Waals surface area contributed by atoms with Gasteiger partial charge in [-0.25, -0.2) is 0 Å². The molecule has 1 aliphatic heterocycles. The largest absolute Gasteiger partial charge is 0.380 e. The summed E-state index contributed by atoms with van der Waals surface area (Å²) in [7, 11) is 4.02. The molecule has 0 bridgehead atoms. The third-order valence-electron chi connectivity index (χ3n) is 4.00. The molecule has 5 nitrogen and oxygen atoms in total. The Kier molecular flexibility index (Phi) is 9.42. The lowest BCUT2D eigenvalue weighted by Crippen LogP contribution is -2.43. The van der Waals surface area contributed by atoms with Gasteiger partial charge in [0.25, 0.3) is 0 Å². The second-order valence-electron chi connectivity index (χ2n) is 6.42. The first-order valence-corrected chi connectivity index (χ1v) is 8.32. The van der Waals surface area contributed by atoms with Crippen LogP contribution in [0.1, 0.15) is 33.1 Å². The molecule has 1 heterocycles. The number of hydrogen-bond acceptors (Lipinski definition) is 3. The second-order valence-corrected chi connectivity index (χ2v) is 6.42. The summed E-state index contributed by atoms with van der Waals surface area (Å²) in [6.45, 7) is 10.3. The molecular formula is C16H34N4O. The van der Waals surface area contributed by atoms with Crippen molar-refractivity contribution in [3.05, 3.63) is 0 Å². The molecule has 0 radical (unpaired) electrons. The van der Waals surface area contributed by atoms with Gasteiger partial charge in [-0.2, -0.15) is 0 Å². The van der Waals surface area contributed by atoms with Gasteiger partial charge in [0.05, 0.1) is 6.61 Å². The van der Waals surface area contributed by atoms with Gasteiger partial charge in [-0.05, 0) is 51.2 Å². The summed E-state index contributed by atoms with van der Waals surface area (Å²) in [6, 6.07) is 0. The van der Waals surface area contributed by atoms with Crippen LogP contribution in [0.25, 0.3) is 0 Å². The summed E-state index contributed by atoms with van der Waals surface area (Å²) in [5.41, 5.74) is 0. The van der Waals surface area contributed by atoms with E-state index in [4.69, 9.17) is 4.74 Å². The molecule has 0 saturated carbocycles. The van der Waals surface area contributed by atoms with E-state index in [2.05, 4.69) is 41.4 Å². The predicted octanol–water partition coefficient (Wildman–Crippen LogP) is 1.56. The smallest absolute Gasteiger partial charge is 0.191 e. The molecule has 1 rings (SSSR count). The van der Waals surface area contributed by atoms with Gasteiger partial charge in [0.1, 0.15) is 0 Å².